The van der Waals surface area contributed by atoms with Crippen molar-refractivity contribution in [1.82, 2.24) is 0 Å². The molecule has 0 amide bonds. The van der Waals surface area contributed by atoms with Crippen LogP contribution in [0.1, 0.15) is 5.56 Å². The maximum Gasteiger partial charge on any atom is 0.124 e. The molecule has 58 valence electrons. The average molecular weight is 189 g/mol. The Balaban J connectivity index is 2.95. The Kier molecular flexibility index (Phi) is 2.92. The summed E-state index contributed by atoms with van der Waals surface area (Å²) in [5, 5.41) is 1.01. The summed E-state index contributed by atoms with van der Waals surface area (Å²) in [4.78, 5) is 10.1. The maximum absolute atomic E-state index is 10.1. The zero-order valence-electron chi connectivity index (χ0n) is 5.68. The Morgan fingerprint density at radius 2 is 2.00 bits per heavy atom. The van der Waals surface area contributed by atoms with E-state index in [-0.39, 0.29) is 0 Å². The first kappa shape index (κ1) is 8.57. The Morgan fingerprint density at radius 3 is 2.55 bits per heavy atom. The highest BCUT2D eigenvalue weighted by molar-refractivity contribution is 6.42. The van der Waals surface area contributed by atoms with Crippen LogP contribution >= 0.6 is 23.2 Å². The van der Waals surface area contributed by atoms with Crippen LogP contribution in [0.3, 0.4) is 0 Å². The minimum Gasteiger partial charge on any atom is -0.303 e. The van der Waals surface area contributed by atoms with Crippen molar-refractivity contribution in [3.05, 3.63) is 33.8 Å². The van der Waals surface area contributed by atoms with E-state index in [1.807, 2.05) is 0 Å². The number of halogens is 2. The summed E-state index contributed by atoms with van der Waals surface area (Å²) in [6.45, 7) is 0. The molecule has 3 heteroatoms. The summed E-state index contributed by atoms with van der Waals surface area (Å²) in [6.07, 6.45) is 1.22. The van der Waals surface area contributed by atoms with Gasteiger partial charge in [0.1, 0.15) is 6.29 Å². The number of hydrogen-bond donors (Lipinski definition) is 0. The van der Waals surface area contributed by atoms with E-state index in [2.05, 4.69) is 0 Å². The second-order valence-electron chi connectivity index (χ2n) is 2.12. The molecular weight excluding hydrogens is 183 g/mol. The molecule has 0 aliphatic heterocycles. The van der Waals surface area contributed by atoms with Gasteiger partial charge in [0.05, 0.1) is 10.0 Å². The van der Waals surface area contributed by atoms with E-state index in [0.29, 0.717) is 16.5 Å². The van der Waals surface area contributed by atoms with E-state index >= 15 is 0 Å². The van der Waals surface area contributed by atoms with Crippen LogP contribution in [0.5, 0.6) is 0 Å². The van der Waals surface area contributed by atoms with Crippen LogP contribution < -0.4 is 0 Å². The summed E-state index contributed by atoms with van der Waals surface area (Å²) in [5.41, 5.74) is 0.884. The van der Waals surface area contributed by atoms with Crippen molar-refractivity contribution >= 4 is 29.5 Å². The van der Waals surface area contributed by atoms with Gasteiger partial charge in [-0.15, -0.1) is 0 Å². The fourth-order valence-corrected chi connectivity index (χ4v) is 1.08. The van der Waals surface area contributed by atoms with Crippen LogP contribution in [0.4, 0.5) is 0 Å². The van der Waals surface area contributed by atoms with Gasteiger partial charge in [0.2, 0.25) is 0 Å². The molecule has 1 rings (SSSR count). The highest BCUT2D eigenvalue weighted by atomic mass is 35.5. The number of benzene rings is 1. The molecule has 0 saturated carbocycles. The predicted molar refractivity (Wildman–Crippen MR) is 46.2 cm³/mol. The molecule has 0 fully saturated rings. The molecule has 1 nitrogen and oxygen atoms in total. The summed E-state index contributed by atoms with van der Waals surface area (Å²) in [7, 11) is 0. The second-order valence-corrected chi connectivity index (χ2v) is 2.93. The Bertz CT molecular complexity index is 271. The van der Waals surface area contributed by atoms with Crippen LogP contribution in [0.2, 0.25) is 10.0 Å². The van der Waals surface area contributed by atoms with Crippen LogP contribution in [-0.2, 0) is 11.2 Å². The van der Waals surface area contributed by atoms with Gasteiger partial charge < -0.3 is 4.79 Å². The number of aldehydes is 1. The first-order valence-corrected chi connectivity index (χ1v) is 3.87. The van der Waals surface area contributed by atoms with E-state index in [1.165, 1.54) is 0 Å². The van der Waals surface area contributed by atoms with Crippen LogP contribution in [0, 0.1) is 0 Å². The van der Waals surface area contributed by atoms with Gasteiger partial charge in [-0.25, -0.2) is 0 Å². The van der Waals surface area contributed by atoms with Gasteiger partial charge in [-0.1, -0.05) is 29.3 Å². The minimum absolute atomic E-state index is 0.386. The van der Waals surface area contributed by atoms with Crippen molar-refractivity contribution in [2.45, 2.75) is 6.42 Å². The Labute approximate surface area is 74.9 Å². The second kappa shape index (κ2) is 3.74. The SMILES string of the molecule is O=CCc1ccc(Cl)c(Cl)c1. The lowest BCUT2D eigenvalue weighted by Crippen LogP contribution is -1.84. The lowest BCUT2D eigenvalue weighted by Gasteiger charge is -1.97. The third-order valence-electron chi connectivity index (χ3n) is 1.30. The van der Waals surface area contributed by atoms with Crippen molar-refractivity contribution in [3.63, 3.8) is 0 Å². The maximum atomic E-state index is 10.1. The summed E-state index contributed by atoms with van der Waals surface area (Å²) in [6, 6.07) is 5.16. The number of rotatable bonds is 2. The summed E-state index contributed by atoms with van der Waals surface area (Å²) < 4.78 is 0. The van der Waals surface area contributed by atoms with Crippen LogP contribution in [0.15, 0.2) is 18.2 Å². The van der Waals surface area contributed by atoms with Gasteiger partial charge in [0.25, 0.3) is 0 Å². The van der Waals surface area contributed by atoms with Crippen molar-refractivity contribution in [2.24, 2.45) is 0 Å². The minimum atomic E-state index is 0.386. The lowest BCUT2D eigenvalue weighted by molar-refractivity contribution is -0.107. The largest absolute Gasteiger partial charge is 0.303 e. The fraction of sp³-hybridized carbons (Fsp3) is 0.125. The van der Waals surface area contributed by atoms with Gasteiger partial charge in [-0.05, 0) is 17.7 Å². The van der Waals surface area contributed by atoms with Gasteiger partial charge in [0.15, 0.2) is 0 Å². The quantitative estimate of drug-likeness (QED) is 0.653. The normalized spacial score (nSPS) is 9.64. The Hall–Kier alpha value is -0.530. The molecular formula is C8H6Cl2O. The zero-order valence-corrected chi connectivity index (χ0v) is 7.19. The fourth-order valence-electron chi connectivity index (χ4n) is 0.763. The number of carbonyl (C=O) groups excluding carboxylic acids is 1. The van der Waals surface area contributed by atoms with E-state index in [4.69, 9.17) is 23.2 Å². The standard InChI is InChI=1S/C8H6Cl2O/c9-7-2-1-6(3-4-11)5-8(7)10/h1-2,4-5H,3H2. The van der Waals surface area contributed by atoms with Gasteiger partial charge in [0, 0.05) is 6.42 Å². The molecule has 0 N–H and O–H groups in total. The first-order chi connectivity index (χ1) is 5.24. The van der Waals surface area contributed by atoms with Gasteiger partial charge in [-0.3, -0.25) is 0 Å². The van der Waals surface area contributed by atoms with Crippen molar-refractivity contribution in [2.75, 3.05) is 0 Å². The highest BCUT2D eigenvalue weighted by Crippen LogP contribution is 2.22. The molecule has 0 aliphatic carbocycles. The predicted octanol–water partition coefficient (Wildman–Crippen LogP) is 2.73. The van der Waals surface area contributed by atoms with E-state index in [1.54, 1.807) is 18.2 Å². The third-order valence-corrected chi connectivity index (χ3v) is 2.04. The van der Waals surface area contributed by atoms with Crippen LogP contribution in [-0.4, -0.2) is 6.29 Å². The van der Waals surface area contributed by atoms with E-state index in [0.717, 1.165) is 11.8 Å². The molecule has 11 heavy (non-hydrogen) atoms. The molecule has 1 aromatic rings. The molecule has 1 aromatic carbocycles. The molecule has 0 radical (unpaired) electrons. The molecule has 0 bridgehead atoms. The molecule has 0 heterocycles. The average Bonchev–Trinajstić information content (AvgIpc) is 1.98. The van der Waals surface area contributed by atoms with Crippen LogP contribution in [0.25, 0.3) is 0 Å². The smallest absolute Gasteiger partial charge is 0.124 e. The zero-order chi connectivity index (χ0) is 8.27. The molecule has 0 aromatic heterocycles. The van der Waals surface area contributed by atoms with Gasteiger partial charge >= 0.3 is 0 Å². The van der Waals surface area contributed by atoms with Crippen molar-refractivity contribution in [3.8, 4) is 0 Å². The molecule has 0 saturated heterocycles. The third kappa shape index (κ3) is 2.21. The van der Waals surface area contributed by atoms with Crippen molar-refractivity contribution in [1.29, 1.82) is 0 Å². The van der Waals surface area contributed by atoms with E-state index < -0.39 is 0 Å². The van der Waals surface area contributed by atoms with Gasteiger partial charge in [-0.2, -0.15) is 0 Å². The Morgan fingerprint density at radius 1 is 1.27 bits per heavy atom. The van der Waals surface area contributed by atoms with Crippen molar-refractivity contribution < 1.29 is 4.79 Å². The lowest BCUT2D eigenvalue weighted by atomic mass is 10.2. The number of carbonyl (C=O) groups is 1. The summed E-state index contributed by atoms with van der Waals surface area (Å²) >= 11 is 11.4. The molecule has 0 aliphatic rings. The highest BCUT2D eigenvalue weighted by Gasteiger charge is 1.97. The molecule has 0 atom stereocenters. The van der Waals surface area contributed by atoms with E-state index in [9.17, 15) is 4.79 Å². The summed E-state index contributed by atoms with van der Waals surface area (Å²) in [5.74, 6) is 0. The topological polar surface area (TPSA) is 17.1 Å². The molecule has 0 spiro atoms. The number of hydrogen-bond acceptors (Lipinski definition) is 1. The molecule has 0 unspecified atom stereocenters. The monoisotopic (exact) mass is 188 g/mol. The first-order valence-electron chi connectivity index (χ1n) is 3.11.